The summed E-state index contributed by atoms with van der Waals surface area (Å²) >= 11 is 6.02. The van der Waals surface area contributed by atoms with Crippen LogP contribution in [-0.2, 0) is 23.1 Å². The Labute approximate surface area is 206 Å². The number of methoxy groups -OCH3 is 1. The summed E-state index contributed by atoms with van der Waals surface area (Å²) in [5.74, 6) is 1.60. The van der Waals surface area contributed by atoms with Crippen molar-refractivity contribution in [1.82, 2.24) is 19.6 Å². The predicted octanol–water partition coefficient (Wildman–Crippen LogP) is 3.44. The maximum absolute atomic E-state index is 13.3. The molecule has 8 nitrogen and oxygen atoms in total. The zero-order chi connectivity index (χ0) is 24.1. The predicted molar refractivity (Wildman–Crippen MR) is 130 cm³/mol. The first kappa shape index (κ1) is 24.8. The van der Waals surface area contributed by atoms with Crippen LogP contribution in [0.15, 0.2) is 24.3 Å². The van der Waals surface area contributed by atoms with Gasteiger partial charge in [0, 0.05) is 44.8 Å². The molecular weight excluding hydrogens is 456 g/mol. The molecule has 1 atom stereocenters. The number of ether oxygens (including phenoxy) is 3. The summed E-state index contributed by atoms with van der Waals surface area (Å²) in [5.41, 5.74) is 1.26. The molecule has 2 fully saturated rings. The van der Waals surface area contributed by atoms with Gasteiger partial charge >= 0.3 is 0 Å². The molecule has 0 saturated carbocycles. The molecule has 2 aromatic rings. The highest BCUT2D eigenvalue weighted by molar-refractivity contribution is 6.30. The normalized spacial score (nSPS) is 21.5. The Bertz CT molecular complexity index is 974. The van der Waals surface area contributed by atoms with Crippen LogP contribution in [0.3, 0.4) is 0 Å². The van der Waals surface area contributed by atoms with Gasteiger partial charge in [-0.05, 0) is 50.5 Å². The standard InChI is InChI=1S/C25H35ClN4O4/c1-19-22(24(32-3)28(2)27-19)16-29-13-14-34-25(17-29,15-23(31)30-11-5-4-6-12-30)18-33-21-9-7-20(26)8-10-21/h7-10H,4-6,11-18H2,1-3H3. The molecule has 4 rings (SSSR count). The van der Waals surface area contributed by atoms with E-state index >= 15 is 0 Å². The van der Waals surface area contributed by atoms with Crippen molar-refractivity contribution < 1.29 is 19.0 Å². The van der Waals surface area contributed by atoms with Gasteiger partial charge in [0.1, 0.15) is 18.0 Å². The third-order valence-corrected chi connectivity index (χ3v) is 6.94. The molecule has 1 aromatic carbocycles. The van der Waals surface area contributed by atoms with Crippen LogP contribution in [0.25, 0.3) is 0 Å². The molecular formula is C25H35ClN4O4. The third kappa shape index (κ3) is 5.85. The summed E-state index contributed by atoms with van der Waals surface area (Å²) in [7, 11) is 3.55. The molecule has 1 unspecified atom stereocenters. The van der Waals surface area contributed by atoms with Crippen molar-refractivity contribution in [2.24, 2.45) is 7.05 Å². The maximum Gasteiger partial charge on any atom is 0.225 e. The number of amides is 1. The Morgan fingerprint density at radius 3 is 2.62 bits per heavy atom. The van der Waals surface area contributed by atoms with Crippen molar-refractivity contribution in [2.45, 2.75) is 44.8 Å². The number of morpholine rings is 1. The zero-order valence-electron chi connectivity index (χ0n) is 20.4. The van der Waals surface area contributed by atoms with E-state index < -0.39 is 5.60 Å². The van der Waals surface area contributed by atoms with Gasteiger partial charge in [0.2, 0.25) is 11.8 Å². The van der Waals surface area contributed by atoms with Gasteiger partial charge < -0.3 is 19.1 Å². The van der Waals surface area contributed by atoms with Crippen LogP contribution in [0.2, 0.25) is 5.02 Å². The lowest BCUT2D eigenvalue weighted by atomic mass is 9.95. The summed E-state index contributed by atoms with van der Waals surface area (Å²) in [6.45, 7) is 6.47. The number of halogens is 1. The lowest BCUT2D eigenvalue weighted by Crippen LogP contribution is -2.57. The minimum absolute atomic E-state index is 0.136. The minimum atomic E-state index is -0.740. The highest BCUT2D eigenvalue weighted by Gasteiger charge is 2.41. The molecule has 1 aromatic heterocycles. The van der Waals surface area contributed by atoms with E-state index in [1.807, 2.05) is 31.0 Å². The van der Waals surface area contributed by atoms with E-state index in [1.165, 1.54) is 6.42 Å². The molecule has 2 aliphatic rings. The van der Waals surface area contributed by atoms with Gasteiger partial charge in [-0.25, -0.2) is 4.68 Å². The van der Waals surface area contributed by atoms with Crippen LogP contribution < -0.4 is 9.47 Å². The first-order valence-corrected chi connectivity index (χ1v) is 12.4. The molecule has 1 amide bonds. The van der Waals surface area contributed by atoms with E-state index in [1.54, 1.807) is 23.9 Å². The number of hydrogen-bond acceptors (Lipinski definition) is 6. The van der Waals surface area contributed by atoms with Crippen LogP contribution >= 0.6 is 11.6 Å². The second-order valence-electron chi connectivity index (χ2n) is 9.30. The quantitative estimate of drug-likeness (QED) is 0.564. The third-order valence-electron chi connectivity index (χ3n) is 6.69. The van der Waals surface area contributed by atoms with Crippen LogP contribution in [-0.4, -0.2) is 77.6 Å². The average Bonchev–Trinajstić information content (AvgIpc) is 3.11. The summed E-state index contributed by atoms with van der Waals surface area (Å²) in [4.78, 5) is 17.6. The van der Waals surface area contributed by atoms with E-state index in [0.29, 0.717) is 36.9 Å². The Morgan fingerprint density at radius 1 is 1.18 bits per heavy atom. The van der Waals surface area contributed by atoms with Gasteiger partial charge in [-0.15, -0.1) is 0 Å². The van der Waals surface area contributed by atoms with Crippen LogP contribution in [0.1, 0.15) is 36.9 Å². The molecule has 2 aliphatic heterocycles. The summed E-state index contributed by atoms with van der Waals surface area (Å²) < 4.78 is 19.8. The number of likely N-dealkylation sites (tertiary alicyclic amines) is 1. The fraction of sp³-hybridized carbons (Fsp3) is 0.600. The zero-order valence-corrected chi connectivity index (χ0v) is 21.1. The number of nitrogens with zero attached hydrogens (tertiary/aromatic N) is 4. The first-order chi connectivity index (χ1) is 16.4. The Morgan fingerprint density at radius 2 is 1.91 bits per heavy atom. The molecule has 0 N–H and O–H groups in total. The maximum atomic E-state index is 13.3. The van der Waals surface area contributed by atoms with Crippen LogP contribution in [0, 0.1) is 6.92 Å². The second-order valence-corrected chi connectivity index (χ2v) is 9.74. The molecule has 0 bridgehead atoms. The lowest BCUT2D eigenvalue weighted by molar-refractivity contribution is -0.157. The minimum Gasteiger partial charge on any atom is -0.491 e. The van der Waals surface area contributed by atoms with Crippen molar-refractivity contribution >= 4 is 17.5 Å². The molecule has 3 heterocycles. The Hall–Kier alpha value is -2.29. The highest BCUT2D eigenvalue weighted by atomic mass is 35.5. The van der Waals surface area contributed by atoms with Gasteiger partial charge in [-0.2, -0.15) is 5.10 Å². The van der Waals surface area contributed by atoms with Gasteiger partial charge in [0.15, 0.2) is 0 Å². The van der Waals surface area contributed by atoms with Gasteiger partial charge in [-0.1, -0.05) is 11.6 Å². The van der Waals surface area contributed by atoms with E-state index in [9.17, 15) is 4.79 Å². The van der Waals surface area contributed by atoms with E-state index in [4.69, 9.17) is 25.8 Å². The SMILES string of the molecule is COc1c(CN2CCOC(COc3ccc(Cl)cc3)(CC(=O)N3CCCCC3)C2)c(C)nn1C. The smallest absolute Gasteiger partial charge is 0.225 e. The number of hydrogen-bond donors (Lipinski definition) is 0. The van der Waals surface area contributed by atoms with Gasteiger partial charge in [-0.3, -0.25) is 9.69 Å². The molecule has 2 saturated heterocycles. The first-order valence-electron chi connectivity index (χ1n) is 12.0. The molecule has 0 aliphatic carbocycles. The van der Waals surface area contributed by atoms with E-state index in [2.05, 4.69) is 10.00 Å². The molecule has 9 heteroatoms. The average molecular weight is 491 g/mol. The number of aryl methyl sites for hydroxylation is 2. The number of piperidine rings is 1. The lowest BCUT2D eigenvalue weighted by Gasteiger charge is -2.43. The van der Waals surface area contributed by atoms with Crippen molar-refractivity contribution in [3.05, 3.63) is 40.5 Å². The molecule has 0 radical (unpaired) electrons. The van der Waals surface area contributed by atoms with E-state index in [-0.39, 0.29) is 12.5 Å². The Kier molecular flexibility index (Phi) is 8.01. The highest BCUT2D eigenvalue weighted by Crippen LogP contribution is 2.29. The van der Waals surface area contributed by atoms with Gasteiger partial charge in [0.25, 0.3) is 0 Å². The van der Waals surface area contributed by atoms with Crippen molar-refractivity contribution in [3.63, 3.8) is 0 Å². The van der Waals surface area contributed by atoms with Crippen LogP contribution in [0.4, 0.5) is 0 Å². The van der Waals surface area contributed by atoms with Crippen molar-refractivity contribution in [1.29, 1.82) is 0 Å². The van der Waals surface area contributed by atoms with Gasteiger partial charge in [0.05, 0.1) is 31.4 Å². The van der Waals surface area contributed by atoms with Crippen LogP contribution in [0.5, 0.6) is 11.6 Å². The number of carbonyl (C=O) groups excluding carboxylic acids is 1. The number of aromatic nitrogens is 2. The number of rotatable bonds is 8. The summed E-state index contributed by atoms with van der Waals surface area (Å²) in [5, 5.41) is 5.17. The molecule has 34 heavy (non-hydrogen) atoms. The Balaban J connectivity index is 1.52. The molecule has 186 valence electrons. The fourth-order valence-corrected chi connectivity index (χ4v) is 5.05. The fourth-order valence-electron chi connectivity index (χ4n) is 4.92. The number of benzene rings is 1. The summed E-state index contributed by atoms with van der Waals surface area (Å²) in [6.07, 6.45) is 3.60. The van der Waals surface area contributed by atoms with Crippen molar-refractivity contribution in [3.8, 4) is 11.6 Å². The summed E-state index contributed by atoms with van der Waals surface area (Å²) in [6, 6.07) is 7.28. The number of carbonyl (C=O) groups is 1. The monoisotopic (exact) mass is 490 g/mol. The molecule has 0 spiro atoms. The second kappa shape index (κ2) is 11.0. The topological polar surface area (TPSA) is 69.1 Å². The largest absolute Gasteiger partial charge is 0.491 e. The van der Waals surface area contributed by atoms with E-state index in [0.717, 1.165) is 49.6 Å². The van der Waals surface area contributed by atoms with Crippen molar-refractivity contribution in [2.75, 3.05) is 46.5 Å².